The van der Waals surface area contributed by atoms with Crippen LogP contribution in [0, 0.1) is 11.8 Å². The predicted molar refractivity (Wildman–Crippen MR) is 139 cm³/mol. The first-order chi connectivity index (χ1) is 16.8. The maximum Gasteiger partial charge on any atom is 0.315 e. The van der Waals surface area contributed by atoms with Gasteiger partial charge in [0.05, 0.1) is 19.8 Å². The summed E-state index contributed by atoms with van der Waals surface area (Å²) in [6.45, 7) is 5.69. The minimum atomic E-state index is -0.802. The van der Waals surface area contributed by atoms with E-state index in [1.165, 1.54) is 6.42 Å². The lowest BCUT2D eigenvalue weighted by molar-refractivity contribution is 0.125. The highest BCUT2D eigenvalue weighted by atomic mass is 16.5. The number of urea groups is 1. The van der Waals surface area contributed by atoms with Crippen LogP contribution >= 0.6 is 0 Å². The Morgan fingerprint density at radius 1 is 1.14 bits per heavy atom. The van der Waals surface area contributed by atoms with Gasteiger partial charge in [0.1, 0.15) is 0 Å². The molecule has 2 amide bonds. The van der Waals surface area contributed by atoms with E-state index in [4.69, 9.17) is 19.9 Å². The van der Waals surface area contributed by atoms with E-state index in [2.05, 4.69) is 30.5 Å². The van der Waals surface area contributed by atoms with Crippen molar-refractivity contribution in [3.8, 4) is 11.5 Å². The molecule has 200 valence electrons. The number of aliphatic hydroxyl groups excluding tert-OH is 1. The number of nitrogens with two attached hydrogens (primary N) is 1. The number of aliphatic hydroxyl groups is 1. The van der Waals surface area contributed by atoms with Crippen molar-refractivity contribution in [2.75, 3.05) is 34.0 Å². The van der Waals surface area contributed by atoms with E-state index >= 15 is 0 Å². The van der Waals surface area contributed by atoms with E-state index in [1.807, 2.05) is 12.1 Å². The van der Waals surface area contributed by atoms with Crippen molar-refractivity contribution in [3.63, 3.8) is 0 Å². The van der Waals surface area contributed by atoms with Crippen LogP contribution in [0.4, 0.5) is 4.79 Å². The van der Waals surface area contributed by atoms with Gasteiger partial charge in [0.2, 0.25) is 0 Å². The molecule has 0 aromatic heterocycles. The van der Waals surface area contributed by atoms with Gasteiger partial charge in [-0.2, -0.15) is 0 Å². The number of carbonyl (C=O) groups excluding carboxylic acids is 1. The smallest absolute Gasteiger partial charge is 0.315 e. The van der Waals surface area contributed by atoms with Crippen molar-refractivity contribution in [1.29, 1.82) is 0 Å². The van der Waals surface area contributed by atoms with Gasteiger partial charge in [-0.15, -0.1) is 0 Å². The molecule has 0 bridgehead atoms. The third-order valence-corrected chi connectivity index (χ3v) is 6.90. The van der Waals surface area contributed by atoms with Crippen molar-refractivity contribution in [1.82, 2.24) is 10.6 Å². The van der Waals surface area contributed by atoms with Crippen LogP contribution in [0.15, 0.2) is 18.2 Å². The largest absolute Gasteiger partial charge is 0.493 e. The molecule has 0 heterocycles. The second-order valence-electron chi connectivity index (χ2n) is 10.0. The standard InChI is InChI=1S/C27H47N3O5/c1-19(2)21(15-20-11-12-25(34-4)26(16-20)35-14-8-13-33-3)17-23(28)24(31)18-29-27(32)30-22-9-6-5-7-10-22/h11-12,16,19,21-24,31H,5-10,13-15,17-18,28H2,1-4H3,(H2,29,30,32)/t21-,23-,24-/m0/s1. The predicted octanol–water partition coefficient (Wildman–Crippen LogP) is 3.64. The zero-order valence-corrected chi connectivity index (χ0v) is 22.1. The number of methoxy groups -OCH3 is 2. The average molecular weight is 494 g/mol. The lowest BCUT2D eigenvalue weighted by Gasteiger charge is -2.28. The lowest BCUT2D eigenvalue weighted by Crippen LogP contribution is -2.49. The summed E-state index contributed by atoms with van der Waals surface area (Å²) in [6.07, 6.45) is 7.07. The summed E-state index contributed by atoms with van der Waals surface area (Å²) in [6, 6.07) is 5.59. The molecule has 1 saturated carbocycles. The minimum absolute atomic E-state index is 0.145. The van der Waals surface area contributed by atoms with Gasteiger partial charge in [-0.05, 0) is 55.2 Å². The van der Waals surface area contributed by atoms with Crippen molar-refractivity contribution in [3.05, 3.63) is 23.8 Å². The van der Waals surface area contributed by atoms with Gasteiger partial charge >= 0.3 is 6.03 Å². The SMILES string of the molecule is COCCCOc1cc(C[C@@H](C[C@H](N)[C@@H](O)CNC(=O)NC2CCCCC2)C(C)C)ccc1OC. The maximum atomic E-state index is 12.2. The second-order valence-corrected chi connectivity index (χ2v) is 10.0. The summed E-state index contributed by atoms with van der Waals surface area (Å²) in [5.41, 5.74) is 7.51. The van der Waals surface area contributed by atoms with Crippen LogP contribution in [0.5, 0.6) is 11.5 Å². The van der Waals surface area contributed by atoms with Crippen LogP contribution in [0.2, 0.25) is 0 Å². The summed E-state index contributed by atoms with van der Waals surface area (Å²) in [4.78, 5) is 12.2. The fraction of sp³-hybridized carbons (Fsp3) is 0.741. The van der Waals surface area contributed by atoms with Crippen LogP contribution in [0.1, 0.15) is 64.4 Å². The number of amides is 2. The van der Waals surface area contributed by atoms with Crippen LogP contribution < -0.4 is 25.8 Å². The Morgan fingerprint density at radius 3 is 2.54 bits per heavy atom. The monoisotopic (exact) mass is 493 g/mol. The summed E-state index contributed by atoms with van der Waals surface area (Å²) < 4.78 is 16.5. The Balaban J connectivity index is 1.87. The molecule has 3 atom stereocenters. The minimum Gasteiger partial charge on any atom is -0.493 e. The Morgan fingerprint density at radius 2 is 1.89 bits per heavy atom. The number of hydrogen-bond donors (Lipinski definition) is 4. The molecule has 0 spiro atoms. The van der Waals surface area contributed by atoms with E-state index in [1.54, 1.807) is 14.2 Å². The lowest BCUT2D eigenvalue weighted by atomic mass is 9.83. The average Bonchev–Trinajstić information content (AvgIpc) is 2.85. The third-order valence-electron chi connectivity index (χ3n) is 6.90. The zero-order valence-electron chi connectivity index (χ0n) is 22.1. The topological polar surface area (TPSA) is 115 Å². The molecule has 8 nitrogen and oxygen atoms in total. The molecule has 1 aromatic rings. The molecule has 0 unspecified atom stereocenters. The Bertz CT molecular complexity index is 740. The summed E-state index contributed by atoms with van der Waals surface area (Å²) >= 11 is 0. The number of hydrogen-bond acceptors (Lipinski definition) is 6. The van der Waals surface area contributed by atoms with Crippen molar-refractivity contribution in [2.24, 2.45) is 17.6 Å². The summed E-state index contributed by atoms with van der Waals surface area (Å²) in [7, 11) is 3.31. The molecule has 1 aliphatic rings. The molecule has 35 heavy (non-hydrogen) atoms. The van der Waals surface area contributed by atoms with E-state index in [9.17, 15) is 9.90 Å². The first-order valence-corrected chi connectivity index (χ1v) is 13.1. The number of carbonyl (C=O) groups is 1. The molecule has 1 aromatic carbocycles. The molecule has 5 N–H and O–H groups in total. The van der Waals surface area contributed by atoms with Crippen molar-refractivity contribution >= 4 is 6.03 Å². The van der Waals surface area contributed by atoms with E-state index in [-0.39, 0.29) is 24.5 Å². The molecule has 0 aliphatic heterocycles. The number of benzene rings is 1. The third kappa shape index (κ3) is 10.6. The van der Waals surface area contributed by atoms with Gasteiger partial charge in [-0.3, -0.25) is 0 Å². The molecule has 0 radical (unpaired) electrons. The van der Waals surface area contributed by atoms with E-state index < -0.39 is 12.1 Å². The summed E-state index contributed by atoms with van der Waals surface area (Å²) in [5.74, 6) is 2.08. The van der Waals surface area contributed by atoms with Crippen molar-refractivity contribution in [2.45, 2.75) is 83.4 Å². The van der Waals surface area contributed by atoms with E-state index in [0.29, 0.717) is 31.3 Å². The number of nitrogens with one attached hydrogen (secondary N) is 2. The molecule has 1 aliphatic carbocycles. The number of rotatable bonds is 15. The van der Waals surface area contributed by atoms with Crippen LogP contribution in [-0.2, 0) is 11.2 Å². The fourth-order valence-electron chi connectivity index (χ4n) is 4.58. The zero-order chi connectivity index (χ0) is 25.6. The fourth-order valence-corrected chi connectivity index (χ4v) is 4.58. The highest BCUT2D eigenvalue weighted by Crippen LogP contribution is 2.31. The number of ether oxygens (including phenoxy) is 3. The van der Waals surface area contributed by atoms with Crippen LogP contribution in [0.3, 0.4) is 0 Å². The summed E-state index contributed by atoms with van der Waals surface area (Å²) in [5, 5.41) is 16.4. The Hall–Kier alpha value is -2.03. The maximum absolute atomic E-state index is 12.2. The Kier molecular flexibility index (Phi) is 13.2. The highest BCUT2D eigenvalue weighted by Gasteiger charge is 2.24. The van der Waals surface area contributed by atoms with E-state index in [0.717, 1.165) is 49.8 Å². The first-order valence-electron chi connectivity index (χ1n) is 13.1. The highest BCUT2D eigenvalue weighted by molar-refractivity contribution is 5.74. The second kappa shape index (κ2) is 15.9. The molecule has 8 heteroatoms. The van der Waals surface area contributed by atoms with Gasteiger partial charge < -0.3 is 35.7 Å². The van der Waals surface area contributed by atoms with Gasteiger partial charge in [0.15, 0.2) is 11.5 Å². The molecular weight excluding hydrogens is 446 g/mol. The molecular formula is C27H47N3O5. The molecule has 0 saturated heterocycles. The van der Waals surface area contributed by atoms with Crippen LogP contribution in [0.25, 0.3) is 0 Å². The quantitative estimate of drug-likeness (QED) is 0.277. The van der Waals surface area contributed by atoms with Gasteiger partial charge in [-0.25, -0.2) is 4.79 Å². The van der Waals surface area contributed by atoms with Gasteiger partial charge in [0.25, 0.3) is 0 Å². The van der Waals surface area contributed by atoms with Crippen molar-refractivity contribution < 1.29 is 24.1 Å². The normalized spacial score (nSPS) is 17.0. The molecule has 1 fully saturated rings. The van der Waals surface area contributed by atoms with Crippen LogP contribution in [-0.4, -0.2) is 63.3 Å². The molecule has 2 rings (SSSR count). The van der Waals surface area contributed by atoms with Gasteiger partial charge in [-0.1, -0.05) is 39.2 Å². The Labute approximate surface area is 211 Å². The van der Waals surface area contributed by atoms with Gasteiger partial charge in [0, 0.05) is 38.8 Å². The first kappa shape index (κ1) is 29.2.